The molecule has 6 heteroatoms. The standard InChI is InChI=1S/C27H31NO5/c1-6-33-24-10-8-7-9-20(24)28-21-15-27(2,3)16-22(29)26(21)19(14-25(28)30)18-13-17(31-4)11-12-23(18)32-5/h7-13,19H,6,14-16H2,1-5H3. The summed E-state index contributed by atoms with van der Waals surface area (Å²) in [5.41, 5.74) is 2.67. The van der Waals surface area contributed by atoms with Crippen molar-refractivity contribution in [3.05, 3.63) is 59.3 Å². The molecule has 2 aromatic carbocycles. The third-order valence-electron chi connectivity index (χ3n) is 6.36. The lowest BCUT2D eigenvalue weighted by atomic mass is 9.69. The SMILES string of the molecule is CCOc1ccccc1N1C(=O)CC(c2cc(OC)ccc2OC)C2=C1CC(C)(C)CC2=O. The molecule has 6 nitrogen and oxygen atoms in total. The number of allylic oxidation sites excluding steroid dienone is 2. The van der Waals surface area contributed by atoms with Gasteiger partial charge in [-0.1, -0.05) is 26.0 Å². The van der Waals surface area contributed by atoms with Crippen molar-refractivity contribution in [3.8, 4) is 17.2 Å². The molecule has 2 aromatic rings. The summed E-state index contributed by atoms with van der Waals surface area (Å²) in [7, 11) is 3.20. The molecular weight excluding hydrogens is 418 g/mol. The summed E-state index contributed by atoms with van der Waals surface area (Å²) in [5.74, 6) is 1.54. The number of ketones is 1. The van der Waals surface area contributed by atoms with E-state index in [0.29, 0.717) is 48.0 Å². The van der Waals surface area contributed by atoms with E-state index >= 15 is 0 Å². The van der Waals surface area contributed by atoms with Crippen molar-refractivity contribution in [2.24, 2.45) is 5.41 Å². The Morgan fingerprint density at radius 2 is 1.76 bits per heavy atom. The highest BCUT2D eigenvalue weighted by Gasteiger charge is 2.45. The van der Waals surface area contributed by atoms with Gasteiger partial charge in [-0.15, -0.1) is 0 Å². The van der Waals surface area contributed by atoms with Crippen molar-refractivity contribution in [2.75, 3.05) is 25.7 Å². The maximum Gasteiger partial charge on any atom is 0.232 e. The lowest BCUT2D eigenvalue weighted by Gasteiger charge is -2.43. The molecule has 2 aliphatic rings. The number of hydrogen-bond acceptors (Lipinski definition) is 5. The van der Waals surface area contributed by atoms with E-state index in [-0.39, 0.29) is 23.5 Å². The molecule has 0 N–H and O–H groups in total. The summed E-state index contributed by atoms with van der Waals surface area (Å²) in [6, 6.07) is 13.0. The molecule has 0 spiro atoms. The monoisotopic (exact) mass is 449 g/mol. The van der Waals surface area contributed by atoms with E-state index in [9.17, 15) is 9.59 Å². The number of methoxy groups -OCH3 is 2. The number of nitrogens with zero attached hydrogens (tertiary/aromatic N) is 1. The Morgan fingerprint density at radius 1 is 1.00 bits per heavy atom. The molecule has 1 aliphatic heterocycles. The first-order chi connectivity index (χ1) is 15.8. The second kappa shape index (κ2) is 8.93. The second-order valence-electron chi connectivity index (χ2n) is 9.30. The average Bonchev–Trinajstić information content (AvgIpc) is 2.78. The van der Waals surface area contributed by atoms with E-state index in [1.165, 1.54) is 0 Å². The summed E-state index contributed by atoms with van der Waals surface area (Å²) >= 11 is 0. The van der Waals surface area contributed by atoms with Crippen molar-refractivity contribution < 1.29 is 23.8 Å². The van der Waals surface area contributed by atoms with Crippen LogP contribution < -0.4 is 19.1 Å². The third kappa shape index (κ3) is 4.22. The number of amides is 1. The van der Waals surface area contributed by atoms with Crippen LogP contribution in [0.25, 0.3) is 0 Å². The fraction of sp³-hybridized carbons (Fsp3) is 0.407. The molecule has 0 fully saturated rings. The van der Waals surface area contributed by atoms with Crippen molar-refractivity contribution in [1.82, 2.24) is 0 Å². The topological polar surface area (TPSA) is 65.1 Å². The third-order valence-corrected chi connectivity index (χ3v) is 6.36. The van der Waals surface area contributed by atoms with Gasteiger partial charge in [-0.2, -0.15) is 0 Å². The highest BCUT2D eigenvalue weighted by Crippen LogP contribution is 2.51. The second-order valence-corrected chi connectivity index (χ2v) is 9.30. The lowest BCUT2D eigenvalue weighted by Crippen LogP contribution is -2.44. The predicted octanol–water partition coefficient (Wildman–Crippen LogP) is 5.27. The van der Waals surface area contributed by atoms with Gasteiger partial charge in [0.1, 0.15) is 17.2 Å². The number of carbonyl (C=O) groups excluding carboxylic acids is 2. The van der Waals surface area contributed by atoms with Gasteiger partial charge in [0.2, 0.25) is 5.91 Å². The first kappa shape index (κ1) is 22.9. The van der Waals surface area contributed by atoms with Crippen LogP contribution in [0.5, 0.6) is 17.2 Å². The first-order valence-corrected chi connectivity index (χ1v) is 11.3. The Bertz CT molecular complexity index is 1120. The quantitative estimate of drug-likeness (QED) is 0.601. The maximum absolute atomic E-state index is 13.7. The van der Waals surface area contributed by atoms with Gasteiger partial charge >= 0.3 is 0 Å². The highest BCUT2D eigenvalue weighted by molar-refractivity contribution is 6.08. The van der Waals surface area contributed by atoms with Gasteiger partial charge < -0.3 is 14.2 Å². The van der Waals surface area contributed by atoms with E-state index in [0.717, 1.165) is 11.3 Å². The van der Waals surface area contributed by atoms with Crippen LogP contribution in [-0.2, 0) is 9.59 Å². The zero-order valence-electron chi connectivity index (χ0n) is 19.9. The fourth-order valence-electron chi connectivity index (χ4n) is 4.99. The normalized spacial score (nSPS) is 19.9. The summed E-state index contributed by atoms with van der Waals surface area (Å²) < 4.78 is 16.9. The van der Waals surface area contributed by atoms with Crippen LogP contribution in [0.4, 0.5) is 5.69 Å². The van der Waals surface area contributed by atoms with Crippen LogP contribution in [-0.4, -0.2) is 32.5 Å². The van der Waals surface area contributed by atoms with Crippen molar-refractivity contribution in [2.45, 2.75) is 46.0 Å². The van der Waals surface area contributed by atoms with Crippen LogP contribution in [0, 0.1) is 5.41 Å². The minimum atomic E-state index is -0.392. The molecule has 1 heterocycles. The van der Waals surface area contributed by atoms with Crippen molar-refractivity contribution in [3.63, 3.8) is 0 Å². The molecule has 1 amide bonds. The van der Waals surface area contributed by atoms with Gasteiger partial charge in [0.25, 0.3) is 0 Å². The number of benzene rings is 2. The number of carbonyl (C=O) groups is 2. The highest BCUT2D eigenvalue weighted by atomic mass is 16.5. The van der Waals surface area contributed by atoms with Gasteiger partial charge in [0.05, 0.1) is 26.5 Å². The molecule has 1 aliphatic carbocycles. The summed E-state index contributed by atoms with van der Waals surface area (Å²) in [6.45, 7) is 6.54. The Hall–Kier alpha value is -3.28. The molecular formula is C27H31NO5. The molecule has 1 unspecified atom stereocenters. The number of Topliss-reactive ketones (excluding diaryl/α,β-unsaturated/α-hetero) is 1. The predicted molar refractivity (Wildman–Crippen MR) is 127 cm³/mol. The molecule has 0 saturated heterocycles. The molecule has 0 saturated carbocycles. The molecule has 33 heavy (non-hydrogen) atoms. The number of anilines is 1. The summed E-state index contributed by atoms with van der Waals surface area (Å²) in [4.78, 5) is 29.0. The van der Waals surface area contributed by atoms with Crippen molar-refractivity contribution in [1.29, 1.82) is 0 Å². The van der Waals surface area contributed by atoms with Crippen LogP contribution in [0.1, 0.15) is 51.5 Å². The lowest BCUT2D eigenvalue weighted by molar-refractivity contribution is -0.121. The molecule has 0 aromatic heterocycles. The fourth-order valence-corrected chi connectivity index (χ4v) is 4.99. The largest absolute Gasteiger partial charge is 0.497 e. The van der Waals surface area contributed by atoms with Crippen molar-refractivity contribution >= 4 is 17.4 Å². The Balaban J connectivity index is 1.94. The molecule has 4 rings (SSSR count). The average molecular weight is 450 g/mol. The van der Waals surface area contributed by atoms with Crippen LogP contribution in [0.3, 0.4) is 0 Å². The van der Waals surface area contributed by atoms with E-state index in [2.05, 4.69) is 13.8 Å². The van der Waals surface area contributed by atoms with E-state index in [1.807, 2.05) is 49.4 Å². The molecule has 0 bridgehead atoms. The minimum absolute atomic E-state index is 0.0683. The number of para-hydroxylation sites is 2. The summed E-state index contributed by atoms with van der Waals surface area (Å²) in [6.07, 6.45) is 1.21. The van der Waals surface area contributed by atoms with Gasteiger partial charge in [0, 0.05) is 35.6 Å². The first-order valence-electron chi connectivity index (χ1n) is 11.3. The Kier molecular flexibility index (Phi) is 6.19. The Labute approximate surface area is 195 Å². The van der Waals surface area contributed by atoms with E-state index in [1.54, 1.807) is 19.1 Å². The van der Waals surface area contributed by atoms with Gasteiger partial charge in [-0.25, -0.2) is 0 Å². The van der Waals surface area contributed by atoms with Crippen LogP contribution in [0.15, 0.2) is 53.7 Å². The Morgan fingerprint density at radius 3 is 2.45 bits per heavy atom. The zero-order chi connectivity index (χ0) is 23.8. The van der Waals surface area contributed by atoms with Gasteiger partial charge in [-0.05, 0) is 49.1 Å². The number of ether oxygens (including phenoxy) is 3. The van der Waals surface area contributed by atoms with Gasteiger partial charge in [-0.3, -0.25) is 14.5 Å². The molecule has 174 valence electrons. The van der Waals surface area contributed by atoms with Crippen LogP contribution >= 0.6 is 0 Å². The number of hydrogen-bond donors (Lipinski definition) is 0. The minimum Gasteiger partial charge on any atom is -0.497 e. The number of rotatable bonds is 6. The van der Waals surface area contributed by atoms with E-state index in [4.69, 9.17) is 14.2 Å². The zero-order valence-corrected chi connectivity index (χ0v) is 19.9. The smallest absolute Gasteiger partial charge is 0.232 e. The van der Waals surface area contributed by atoms with Gasteiger partial charge in [0.15, 0.2) is 5.78 Å². The maximum atomic E-state index is 13.7. The molecule has 1 atom stereocenters. The molecule has 0 radical (unpaired) electrons. The summed E-state index contributed by atoms with van der Waals surface area (Å²) in [5, 5.41) is 0. The van der Waals surface area contributed by atoms with Crippen LogP contribution in [0.2, 0.25) is 0 Å². The van der Waals surface area contributed by atoms with E-state index < -0.39 is 5.92 Å².